The molecule has 2 aromatic carbocycles. The van der Waals surface area contributed by atoms with E-state index >= 15 is 0 Å². The lowest BCUT2D eigenvalue weighted by Crippen LogP contribution is -2.09. The van der Waals surface area contributed by atoms with Gasteiger partial charge in [-0.1, -0.05) is 23.7 Å². The highest BCUT2D eigenvalue weighted by molar-refractivity contribution is 6.30. The maximum atomic E-state index is 11.9. The number of hydrogen-bond acceptors (Lipinski definition) is 7. The summed E-state index contributed by atoms with van der Waals surface area (Å²) in [5, 5.41) is 6.79. The number of methoxy groups -OCH3 is 1. The van der Waals surface area contributed by atoms with Crippen LogP contribution in [-0.2, 0) is 4.74 Å². The van der Waals surface area contributed by atoms with Gasteiger partial charge in [-0.15, -0.1) is 0 Å². The molecule has 0 atom stereocenters. The van der Waals surface area contributed by atoms with E-state index in [4.69, 9.17) is 22.1 Å². The molecule has 7 nitrogen and oxygen atoms in total. The fraction of sp³-hybridized carbons (Fsp3) is 0.0556. The van der Waals surface area contributed by atoms with E-state index in [-0.39, 0.29) is 0 Å². The molecule has 0 saturated carbocycles. The molecule has 132 valence electrons. The van der Waals surface area contributed by atoms with E-state index in [9.17, 15) is 4.79 Å². The number of esters is 1. The second kappa shape index (κ2) is 7.71. The maximum absolute atomic E-state index is 11.9. The molecule has 8 heteroatoms. The molecule has 0 aliphatic rings. The Balaban J connectivity index is 1.88. The molecule has 0 amide bonds. The number of nitrogens with one attached hydrogen (secondary N) is 2. The highest BCUT2D eigenvalue weighted by Gasteiger charge is 2.14. The predicted octanol–water partition coefficient (Wildman–Crippen LogP) is 3.99. The lowest BCUT2D eigenvalue weighted by atomic mass is 10.2. The van der Waals surface area contributed by atoms with E-state index in [1.54, 1.807) is 36.4 Å². The number of anilines is 5. The van der Waals surface area contributed by atoms with Gasteiger partial charge in [0.05, 0.1) is 18.4 Å². The van der Waals surface area contributed by atoms with Crippen LogP contribution in [0.3, 0.4) is 0 Å². The molecule has 0 aliphatic carbocycles. The second-order valence-corrected chi connectivity index (χ2v) is 5.72. The molecule has 0 unspecified atom stereocenters. The quantitative estimate of drug-likeness (QED) is 0.584. The van der Waals surface area contributed by atoms with Gasteiger partial charge < -0.3 is 21.1 Å². The van der Waals surface area contributed by atoms with E-state index in [1.807, 2.05) is 12.1 Å². The predicted molar refractivity (Wildman–Crippen MR) is 102 cm³/mol. The van der Waals surface area contributed by atoms with Crippen LogP contribution in [-0.4, -0.2) is 23.0 Å². The van der Waals surface area contributed by atoms with Crippen LogP contribution in [0.1, 0.15) is 10.4 Å². The third-order valence-corrected chi connectivity index (χ3v) is 3.83. The number of hydrogen-bond donors (Lipinski definition) is 3. The summed E-state index contributed by atoms with van der Waals surface area (Å²) >= 11 is 5.89. The number of rotatable bonds is 5. The van der Waals surface area contributed by atoms with Crippen molar-refractivity contribution in [1.82, 2.24) is 9.97 Å². The Labute approximate surface area is 155 Å². The number of carbonyl (C=O) groups excluding carboxylic acids is 1. The topological polar surface area (TPSA) is 102 Å². The van der Waals surface area contributed by atoms with Crippen molar-refractivity contribution in [3.63, 3.8) is 0 Å². The number of halogens is 1. The van der Waals surface area contributed by atoms with E-state index in [0.29, 0.717) is 33.6 Å². The molecule has 0 fully saturated rings. The highest BCUT2D eigenvalue weighted by atomic mass is 35.5. The average molecular weight is 370 g/mol. The van der Waals surface area contributed by atoms with Crippen molar-refractivity contribution < 1.29 is 9.53 Å². The minimum absolute atomic E-state index is 0.308. The fourth-order valence-corrected chi connectivity index (χ4v) is 2.40. The van der Waals surface area contributed by atoms with E-state index < -0.39 is 5.97 Å². The number of nitrogens with two attached hydrogens (primary N) is 1. The van der Waals surface area contributed by atoms with Crippen LogP contribution in [0.25, 0.3) is 0 Å². The molecule has 1 heterocycles. The Morgan fingerprint density at radius 3 is 2.38 bits per heavy atom. The summed E-state index contributed by atoms with van der Waals surface area (Å²) in [6, 6.07) is 14.1. The number of benzene rings is 2. The molecule has 0 spiro atoms. The fourth-order valence-electron chi connectivity index (χ4n) is 2.27. The molecule has 1 aromatic heterocycles. The van der Waals surface area contributed by atoms with E-state index in [0.717, 1.165) is 5.69 Å². The molecular weight excluding hydrogens is 354 g/mol. The summed E-state index contributed by atoms with van der Waals surface area (Å²) in [4.78, 5) is 20.2. The zero-order chi connectivity index (χ0) is 18.5. The van der Waals surface area contributed by atoms with Gasteiger partial charge in [0.1, 0.15) is 12.0 Å². The maximum Gasteiger partial charge on any atom is 0.339 e. The Bertz CT molecular complexity index is 931. The summed E-state index contributed by atoms with van der Waals surface area (Å²) in [6.45, 7) is 0. The molecule has 0 aliphatic heterocycles. The van der Waals surface area contributed by atoms with Gasteiger partial charge in [0.25, 0.3) is 0 Å². The molecule has 26 heavy (non-hydrogen) atoms. The average Bonchev–Trinajstić information content (AvgIpc) is 2.66. The summed E-state index contributed by atoms with van der Waals surface area (Å²) in [5.41, 5.74) is 8.17. The lowest BCUT2D eigenvalue weighted by Gasteiger charge is -2.14. The Hall–Kier alpha value is -3.32. The van der Waals surface area contributed by atoms with Crippen LogP contribution >= 0.6 is 11.6 Å². The molecule has 0 radical (unpaired) electrons. The van der Waals surface area contributed by atoms with E-state index in [1.165, 1.54) is 13.4 Å². The van der Waals surface area contributed by atoms with Gasteiger partial charge in [-0.05, 0) is 36.4 Å². The van der Waals surface area contributed by atoms with Gasteiger partial charge in [0.2, 0.25) is 0 Å². The van der Waals surface area contributed by atoms with Gasteiger partial charge in [0.15, 0.2) is 11.6 Å². The Kier molecular flexibility index (Phi) is 5.19. The van der Waals surface area contributed by atoms with E-state index in [2.05, 4.69) is 20.6 Å². The van der Waals surface area contributed by atoms with Crippen molar-refractivity contribution in [1.29, 1.82) is 0 Å². The molecule has 0 bridgehead atoms. The first-order valence-corrected chi connectivity index (χ1v) is 8.03. The minimum Gasteiger partial charge on any atom is -0.465 e. The summed E-state index contributed by atoms with van der Waals surface area (Å²) in [5.74, 6) is 0.341. The standard InChI is InChI=1S/C18H16ClN5O2/c1-26-18(25)13-4-2-3-5-14(13)24-17-15(20)16(21-10-22-17)23-12-8-6-11(19)7-9-12/h2-10H,20H2,1H3,(H2,21,22,23,24). The van der Waals surface area contributed by atoms with Crippen LogP contribution in [0.5, 0.6) is 0 Å². The number of carbonyl (C=O) groups is 1. The van der Waals surface area contributed by atoms with Crippen molar-refractivity contribution >= 4 is 46.3 Å². The van der Waals surface area contributed by atoms with Crippen LogP contribution in [0.2, 0.25) is 5.02 Å². The third kappa shape index (κ3) is 3.84. The van der Waals surface area contributed by atoms with Gasteiger partial charge >= 0.3 is 5.97 Å². The van der Waals surface area contributed by atoms with Gasteiger partial charge in [-0.25, -0.2) is 14.8 Å². The first kappa shape index (κ1) is 17.5. The van der Waals surface area contributed by atoms with Crippen molar-refractivity contribution in [2.45, 2.75) is 0 Å². The monoisotopic (exact) mass is 369 g/mol. The zero-order valence-corrected chi connectivity index (χ0v) is 14.6. The van der Waals surface area contributed by atoms with Crippen molar-refractivity contribution in [3.8, 4) is 0 Å². The number of nitrogens with zero attached hydrogens (tertiary/aromatic N) is 2. The zero-order valence-electron chi connectivity index (χ0n) is 13.9. The second-order valence-electron chi connectivity index (χ2n) is 5.28. The summed E-state index contributed by atoms with van der Waals surface area (Å²) in [7, 11) is 1.33. The summed E-state index contributed by atoms with van der Waals surface area (Å²) in [6.07, 6.45) is 1.37. The first-order chi connectivity index (χ1) is 12.6. The summed E-state index contributed by atoms with van der Waals surface area (Å²) < 4.78 is 4.79. The van der Waals surface area contributed by atoms with Gasteiger partial charge in [0, 0.05) is 10.7 Å². The third-order valence-electron chi connectivity index (χ3n) is 3.58. The normalized spacial score (nSPS) is 10.2. The van der Waals surface area contributed by atoms with Crippen LogP contribution < -0.4 is 16.4 Å². The molecular formula is C18H16ClN5O2. The van der Waals surface area contributed by atoms with Crippen molar-refractivity contribution in [2.24, 2.45) is 0 Å². The largest absolute Gasteiger partial charge is 0.465 e. The molecule has 4 N–H and O–H groups in total. The molecule has 3 aromatic rings. The van der Waals surface area contributed by atoms with Crippen LogP contribution in [0.15, 0.2) is 54.9 Å². The molecule has 3 rings (SSSR count). The highest BCUT2D eigenvalue weighted by Crippen LogP contribution is 2.29. The van der Waals surface area contributed by atoms with Crippen LogP contribution in [0, 0.1) is 0 Å². The molecule has 0 saturated heterocycles. The van der Waals surface area contributed by atoms with Gasteiger partial charge in [-0.3, -0.25) is 0 Å². The minimum atomic E-state index is -0.458. The van der Waals surface area contributed by atoms with Crippen molar-refractivity contribution in [2.75, 3.05) is 23.5 Å². The lowest BCUT2D eigenvalue weighted by molar-refractivity contribution is 0.0602. The number of para-hydroxylation sites is 1. The SMILES string of the molecule is COC(=O)c1ccccc1Nc1ncnc(Nc2ccc(Cl)cc2)c1N. The Morgan fingerprint density at radius 2 is 1.69 bits per heavy atom. The number of ether oxygens (including phenoxy) is 1. The van der Waals surface area contributed by atoms with Crippen LogP contribution in [0.4, 0.5) is 28.7 Å². The number of aromatic nitrogens is 2. The van der Waals surface area contributed by atoms with Crippen molar-refractivity contribution in [3.05, 3.63) is 65.4 Å². The number of nitrogen functional groups attached to an aromatic ring is 1. The van der Waals surface area contributed by atoms with Gasteiger partial charge in [-0.2, -0.15) is 0 Å². The smallest absolute Gasteiger partial charge is 0.339 e. The first-order valence-electron chi connectivity index (χ1n) is 7.66. The Morgan fingerprint density at radius 1 is 1.04 bits per heavy atom.